The van der Waals surface area contributed by atoms with Gasteiger partial charge in [0.15, 0.2) is 0 Å². The normalized spacial score (nSPS) is 11.8. The van der Waals surface area contributed by atoms with Gasteiger partial charge >= 0.3 is 6.16 Å². The number of nitro groups is 1. The fourth-order valence-electron chi connectivity index (χ4n) is 1.46. The van der Waals surface area contributed by atoms with Crippen molar-refractivity contribution in [1.29, 1.82) is 0 Å². The molecule has 22 heavy (non-hydrogen) atoms. The van der Waals surface area contributed by atoms with Gasteiger partial charge in [0.25, 0.3) is 5.69 Å². The van der Waals surface area contributed by atoms with Gasteiger partial charge in [-0.05, 0) is 26.0 Å². The molecule has 0 saturated heterocycles. The van der Waals surface area contributed by atoms with Gasteiger partial charge in [-0.25, -0.2) is 13.2 Å². The van der Waals surface area contributed by atoms with Crippen LogP contribution in [-0.4, -0.2) is 37.1 Å². The maximum atomic E-state index is 11.6. The number of hydrogen-bond acceptors (Lipinski definition) is 7. The second kappa shape index (κ2) is 6.73. The molecule has 0 saturated carbocycles. The first-order valence-electron chi connectivity index (χ1n) is 6.31. The molecule has 0 aromatic heterocycles. The lowest BCUT2D eigenvalue weighted by Crippen LogP contribution is -2.31. The zero-order valence-corrected chi connectivity index (χ0v) is 13.3. The van der Waals surface area contributed by atoms with E-state index < -0.39 is 26.5 Å². The summed E-state index contributed by atoms with van der Waals surface area (Å²) in [4.78, 5) is 21.6. The molecule has 0 unspecified atom stereocenters. The van der Waals surface area contributed by atoms with Crippen molar-refractivity contribution in [2.75, 3.05) is 12.0 Å². The molecule has 0 atom stereocenters. The summed E-state index contributed by atoms with van der Waals surface area (Å²) in [5, 5.41) is 10.5. The SMILES string of the molecule is CC(C)(CCS(C)(=O)=O)OC(=O)Oc1ccc([N+](=O)[O-])cc1. The zero-order valence-electron chi connectivity index (χ0n) is 12.4. The Labute approximate surface area is 128 Å². The summed E-state index contributed by atoms with van der Waals surface area (Å²) in [7, 11) is -3.16. The Morgan fingerprint density at radius 1 is 1.27 bits per heavy atom. The van der Waals surface area contributed by atoms with Gasteiger partial charge in [0, 0.05) is 24.8 Å². The van der Waals surface area contributed by atoms with Crippen LogP contribution in [0.2, 0.25) is 0 Å². The van der Waals surface area contributed by atoms with E-state index in [0.29, 0.717) is 0 Å². The predicted molar refractivity (Wildman–Crippen MR) is 78.6 cm³/mol. The smallest absolute Gasteiger partial charge is 0.428 e. The number of nitrogens with zero attached hydrogens (tertiary/aromatic N) is 1. The first kappa shape index (κ1) is 17.9. The highest BCUT2D eigenvalue weighted by Gasteiger charge is 2.26. The van der Waals surface area contributed by atoms with Crippen LogP contribution in [0, 0.1) is 10.1 Å². The first-order valence-corrected chi connectivity index (χ1v) is 8.38. The molecule has 0 bridgehead atoms. The maximum absolute atomic E-state index is 11.6. The molecule has 0 fully saturated rings. The molecule has 122 valence electrons. The van der Waals surface area contributed by atoms with Crippen LogP contribution in [0.1, 0.15) is 20.3 Å². The van der Waals surface area contributed by atoms with Crippen molar-refractivity contribution >= 4 is 21.7 Å². The van der Waals surface area contributed by atoms with Gasteiger partial charge in [-0.3, -0.25) is 10.1 Å². The van der Waals surface area contributed by atoms with Crippen molar-refractivity contribution < 1.29 is 27.6 Å². The highest BCUT2D eigenvalue weighted by atomic mass is 32.2. The summed E-state index contributed by atoms with van der Waals surface area (Å²) in [6.07, 6.45) is 0.215. The standard InChI is InChI=1S/C13H17NO7S/c1-13(2,8-9-22(3,18)19)21-12(15)20-11-6-4-10(5-7-11)14(16)17/h4-7H,8-9H2,1-3H3. The molecule has 0 heterocycles. The van der Waals surface area contributed by atoms with Crippen molar-refractivity contribution in [3.63, 3.8) is 0 Å². The van der Waals surface area contributed by atoms with E-state index in [9.17, 15) is 23.3 Å². The van der Waals surface area contributed by atoms with Gasteiger partial charge in [-0.15, -0.1) is 0 Å². The monoisotopic (exact) mass is 331 g/mol. The second-order valence-corrected chi connectivity index (χ2v) is 7.60. The highest BCUT2D eigenvalue weighted by molar-refractivity contribution is 7.90. The summed E-state index contributed by atoms with van der Waals surface area (Å²) in [5.74, 6) is -0.0281. The van der Waals surface area contributed by atoms with Crippen molar-refractivity contribution in [2.45, 2.75) is 25.9 Å². The second-order valence-electron chi connectivity index (χ2n) is 5.34. The first-order chi connectivity index (χ1) is 9.98. The summed E-state index contributed by atoms with van der Waals surface area (Å²) in [6, 6.07) is 4.92. The highest BCUT2D eigenvalue weighted by Crippen LogP contribution is 2.20. The van der Waals surface area contributed by atoms with Gasteiger partial charge < -0.3 is 9.47 Å². The van der Waals surface area contributed by atoms with Gasteiger partial charge in [0.05, 0.1) is 10.7 Å². The number of rotatable bonds is 6. The molecular formula is C13H17NO7S. The Hall–Kier alpha value is -2.16. The number of non-ortho nitro benzene ring substituents is 1. The fourth-order valence-corrected chi connectivity index (χ4v) is 2.32. The van der Waals surface area contributed by atoms with Gasteiger partial charge in [-0.1, -0.05) is 0 Å². The lowest BCUT2D eigenvalue weighted by atomic mass is 10.1. The third-order valence-electron chi connectivity index (χ3n) is 2.68. The van der Waals surface area contributed by atoms with E-state index in [0.717, 1.165) is 6.26 Å². The summed E-state index contributed by atoms with van der Waals surface area (Å²) < 4.78 is 32.2. The molecular weight excluding hydrogens is 314 g/mol. The third-order valence-corrected chi connectivity index (χ3v) is 3.63. The fraction of sp³-hybridized carbons (Fsp3) is 0.462. The number of sulfone groups is 1. The van der Waals surface area contributed by atoms with Crippen molar-refractivity contribution in [1.82, 2.24) is 0 Å². The van der Waals surface area contributed by atoms with Crippen LogP contribution >= 0.6 is 0 Å². The van der Waals surface area contributed by atoms with Crippen LogP contribution in [-0.2, 0) is 14.6 Å². The molecule has 1 rings (SSSR count). The molecule has 0 aliphatic carbocycles. The zero-order chi connectivity index (χ0) is 17.0. The third kappa shape index (κ3) is 6.53. The summed E-state index contributed by atoms with van der Waals surface area (Å²) >= 11 is 0. The number of hydrogen-bond donors (Lipinski definition) is 0. The topological polar surface area (TPSA) is 113 Å². The molecule has 0 spiro atoms. The van der Waals surface area contributed by atoms with E-state index in [-0.39, 0.29) is 23.6 Å². The molecule has 8 nitrogen and oxygen atoms in total. The van der Waals surface area contributed by atoms with Crippen LogP contribution in [0.4, 0.5) is 10.5 Å². The Balaban J connectivity index is 2.59. The van der Waals surface area contributed by atoms with E-state index in [1.165, 1.54) is 24.3 Å². The molecule has 1 aromatic carbocycles. The van der Waals surface area contributed by atoms with Gasteiger partial charge in [0.2, 0.25) is 0 Å². The van der Waals surface area contributed by atoms with E-state index in [1.807, 2.05) is 0 Å². The quantitative estimate of drug-likeness (QED) is 0.340. The lowest BCUT2D eigenvalue weighted by molar-refractivity contribution is -0.384. The maximum Gasteiger partial charge on any atom is 0.514 e. The number of benzene rings is 1. The Bertz CT molecular complexity index is 649. The summed E-state index contributed by atoms with van der Waals surface area (Å²) in [5.41, 5.74) is -1.14. The van der Waals surface area contributed by atoms with E-state index in [4.69, 9.17) is 9.47 Å². The van der Waals surface area contributed by atoms with Crippen LogP contribution in [0.5, 0.6) is 5.75 Å². The Kier molecular flexibility index (Phi) is 5.48. The minimum atomic E-state index is -3.16. The minimum absolute atomic E-state index is 0.0921. The number of carbonyl (C=O) groups is 1. The van der Waals surface area contributed by atoms with Crippen LogP contribution in [0.15, 0.2) is 24.3 Å². The average Bonchev–Trinajstić information content (AvgIpc) is 2.35. The van der Waals surface area contributed by atoms with Gasteiger partial charge in [0.1, 0.15) is 21.2 Å². The Morgan fingerprint density at radius 3 is 2.27 bits per heavy atom. The van der Waals surface area contributed by atoms with Gasteiger partial charge in [-0.2, -0.15) is 0 Å². The van der Waals surface area contributed by atoms with Crippen LogP contribution in [0.25, 0.3) is 0 Å². The Morgan fingerprint density at radius 2 is 1.82 bits per heavy atom. The predicted octanol–water partition coefficient (Wildman–Crippen LogP) is 2.32. The van der Waals surface area contributed by atoms with Crippen LogP contribution in [0.3, 0.4) is 0 Å². The average molecular weight is 331 g/mol. The summed E-state index contributed by atoms with van der Waals surface area (Å²) in [6.45, 7) is 3.13. The largest absolute Gasteiger partial charge is 0.514 e. The number of nitro benzene ring substituents is 1. The molecule has 0 aliphatic rings. The van der Waals surface area contributed by atoms with E-state index in [2.05, 4.69) is 0 Å². The van der Waals surface area contributed by atoms with Crippen LogP contribution < -0.4 is 4.74 Å². The molecule has 0 aliphatic heterocycles. The minimum Gasteiger partial charge on any atom is -0.428 e. The van der Waals surface area contributed by atoms with E-state index in [1.54, 1.807) is 13.8 Å². The lowest BCUT2D eigenvalue weighted by Gasteiger charge is -2.23. The molecule has 9 heteroatoms. The molecule has 0 radical (unpaired) electrons. The van der Waals surface area contributed by atoms with Crippen molar-refractivity contribution in [3.8, 4) is 5.75 Å². The van der Waals surface area contributed by atoms with Crippen molar-refractivity contribution in [2.24, 2.45) is 0 Å². The molecule has 1 aromatic rings. The number of ether oxygens (including phenoxy) is 2. The molecule has 0 amide bonds. The van der Waals surface area contributed by atoms with E-state index >= 15 is 0 Å². The van der Waals surface area contributed by atoms with Crippen molar-refractivity contribution in [3.05, 3.63) is 34.4 Å². The molecule has 0 N–H and O–H groups in total. The number of carbonyl (C=O) groups excluding carboxylic acids is 1.